The Morgan fingerprint density at radius 2 is 2.19 bits per heavy atom. The highest BCUT2D eigenvalue weighted by Crippen LogP contribution is 2.29. The molecule has 1 heterocycles. The lowest BCUT2D eigenvalue weighted by molar-refractivity contribution is 0.605. The molecule has 1 aliphatic heterocycles. The van der Waals surface area contributed by atoms with Crippen LogP contribution in [0.2, 0.25) is 0 Å². The van der Waals surface area contributed by atoms with E-state index in [1.165, 1.54) is 5.56 Å². The summed E-state index contributed by atoms with van der Waals surface area (Å²) >= 11 is 5.25. The minimum absolute atomic E-state index is 0.0657. The highest BCUT2D eigenvalue weighted by molar-refractivity contribution is 9.10. The number of hydrogen-bond donors (Lipinski definition) is 1. The van der Waals surface area contributed by atoms with Gasteiger partial charge in [-0.05, 0) is 44.5 Å². The summed E-state index contributed by atoms with van der Waals surface area (Å²) in [6, 6.07) is 6.22. The topological polar surface area (TPSA) is 24.4 Å². The van der Waals surface area contributed by atoms with Crippen molar-refractivity contribution in [3.63, 3.8) is 0 Å². The maximum atomic E-state index is 4.64. The number of halogens is 1. The second kappa shape index (κ2) is 4.41. The molecular weight excluding hydrogens is 284 g/mol. The molecule has 2 rings (SSSR count). The van der Waals surface area contributed by atoms with Gasteiger partial charge in [-0.15, -0.1) is 0 Å². The van der Waals surface area contributed by atoms with Gasteiger partial charge < -0.3 is 5.32 Å². The van der Waals surface area contributed by atoms with Crippen molar-refractivity contribution in [2.24, 2.45) is 4.99 Å². The first-order valence-electron chi connectivity index (χ1n) is 5.22. The SMILES string of the molecule is Cc1cc(Br)ccc1NC1=NC(C)(C)CS1. The molecule has 0 fully saturated rings. The molecule has 0 saturated heterocycles. The Kier molecular flexibility index (Phi) is 3.31. The van der Waals surface area contributed by atoms with Gasteiger partial charge in [-0.25, -0.2) is 0 Å². The van der Waals surface area contributed by atoms with Gasteiger partial charge in [0.2, 0.25) is 0 Å². The zero-order chi connectivity index (χ0) is 11.8. The third-order valence-electron chi connectivity index (χ3n) is 2.40. The first-order chi connectivity index (χ1) is 7.46. The third-order valence-corrected chi connectivity index (χ3v) is 4.21. The highest BCUT2D eigenvalue weighted by Gasteiger charge is 2.25. The lowest BCUT2D eigenvalue weighted by Gasteiger charge is -2.10. The Morgan fingerprint density at radius 1 is 1.44 bits per heavy atom. The van der Waals surface area contributed by atoms with Gasteiger partial charge >= 0.3 is 0 Å². The highest BCUT2D eigenvalue weighted by atomic mass is 79.9. The van der Waals surface area contributed by atoms with Crippen LogP contribution in [0, 0.1) is 6.92 Å². The largest absolute Gasteiger partial charge is 0.335 e. The standard InChI is InChI=1S/C12H15BrN2S/c1-8-6-9(13)4-5-10(8)14-11-15-12(2,3)7-16-11/h4-6H,7H2,1-3H3,(H,14,15). The first kappa shape index (κ1) is 12.0. The summed E-state index contributed by atoms with van der Waals surface area (Å²) in [6.45, 7) is 6.41. The van der Waals surface area contributed by atoms with E-state index in [9.17, 15) is 0 Å². The second-order valence-corrected chi connectivity index (χ2v) is 6.48. The van der Waals surface area contributed by atoms with Crippen molar-refractivity contribution >= 4 is 38.5 Å². The molecule has 86 valence electrons. The molecule has 16 heavy (non-hydrogen) atoms. The Labute approximate surface area is 109 Å². The second-order valence-electron chi connectivity index (χ2n) is 4.60. The van der Waals surface area contributed by atoms with Gasteiger partial charge in [0.25, 0.3) is 0 Å². The monoisotopic (exact) mass is 298 g/mol. The molecular formula is C12H15BrN2S. The lowest BCUT2D eigenvalue weighted by atomic mass is 10.1. The number of anilines is 1. The van der Waals surface area contributed by atoms with Crippen LogP contribution in [0.5, 0.6) is 0 Å². The quantitative estimate of drug-likeness (QED) is 0.846. The summed E-state index contributed by atoms with van der Waals surface area (Å²) < 4.78 is 1.11. The number of aryl methyl sites for hydroxylation is 1. The minimum Gasteiger partial charge on any atom is -0.335 e. The Hall–Kier alpha value is -0.480. The summed E-state index contributed by atoms with van der Waals surface area (Å²) in [5, 5.41) is 4.41. The molecule has 1 aromatic carbocycles. The van der Waals surface area contributed by atoms with Gasteiger partial charge in [0.15, 0.2) is 5.17 Å². The van der Waals surface area contributed by atoms with E-state index in [1.54, 1.807) is 11.8 Å². The molecule has 0 atom stereocenters. The lowest BCUT2D eigenvalue weighted by Crippen LogP contribution is -2.15. The van der Waals surface area contributed by atoms with E-state index >= 15 is 0 Å². The molecule has 4 heteroatoms. The normalized spacial score (nSPS) is 18.4. The van der Waals surface area contributed by atoms with E-state index in [0.717, 1.165) is 21.1 Å². The van der Waals surface area contributed by atoms with Gasteiger partial charge in [-0.1, -0.05) is 27.7 Å². The van der Waals surface area contributed by atoms with Crippen LogP contribution < -0.4 is 5.32 Å². The van der Waals surface area contributed by atoms with Crippen LogP contribution in [-0.2, 0) is 0 Å². The molecule has 0 spiro atoms. The predicted octanol–water partition coefficient (Wildman–Crippen LogP) is 4.05. The van der Waals surface area contributed by atoms with Crippen LogP contribution in [0.25, 0.3) is 0 Å². The molecule has 1 N–H and O–H groups in total. The smallest absolute Gasteiger partial charge is 0.161 e. The van der Waals surface area contributed by atoms with Crippen molar-refractivity contribution in [1.29, 1.82) is 0 Å². The van der Waals surface area contributed by atoms with Crippen molar-refractivity contribution in [3.05, 3.63) is 28.2 Å². The number of nitrogens with zero attached hydrogens (tertiary/aromatic N) is 1. The van der Waals surface area contributed by atoms with Gasteiger partial charge in [0, 0.05) is 15.9 Å². The van der Waals surface area contributed by atoms with E-state index < -0.39 is 0 Å². The van der Waals surface area contributed by atoms with E-state index in [0.29, 0.717) is 0 Å². The number of amidine groups is 1. The van der Waals surface area contributed by atoms with Crippen LogP contribution in [0.3, 0.4) is 0 Å². The summed E-state index contributed by atoms with van der Waals surface area (Å²) in [5.41, 5.74) is 2.42. The van der Waals surface area contributed by atoms with Crippen molar-refractivity contribution in [1.82, 2.24) is 0 Å². The van der Waals surface area contributed by atoms with Crippen LogP contribution in [0.1, 0.15) is 19.4 Å². The van der Waals surface area contributed by atoms with E-state index in [-0.39, 0.29) is 5.54 Å². The van der Waals surface area contributed by atoms with Crippen molar-refractivity contribution in [2.45, 2.75) is 26.3 Å². The van der Waals surface area contributed by atoms with Gasteiger partial charge in [-0.3, -0.25) is 4.99 Å². The van der Waals surface area contributed by atoms with Gasteiger partial charge in [0.1, 0.15) is 0 Å². The minimum atomic E-state index is 0.0657. The number of benzene rings is 1. The molecule has 1 aromatic rings. The zero-order valence-corrected chi connectivity index (χ0v) is 12.1. The van der Waals surface area contributed by atoms with Crippen molar-refractivity contribution < 1.29 is 0 Å². The first-order valence-corrected chi connectivity index (χ1v) is 7.00. The molecule has 0 radical (unpaired) electrons. The van der Waals surface area contributed by atoms with E-state index in [4.69, 9.17) is 0 Å². The molecule has 0 bridgehead atoms. The number of thioether (sulfide) groups is 1. The number of hydrogen-bond acceptors (Lipinski definition) is 3. The van der Waals surface area contributed by atoms with Crippen molar-refractivity contribution in [2.75, 3.05) is 11.1 Å². The van der Waals surface area contributed by atoms with Gasteiger partial charge in [-0.2, -0.15) is 0 Å². The van der Waals surface area contributed by atoms with Crippen LogP contribution in [-0.4, -0.2) is 16.5 Å². The molecule has 0 saturated carbocycles. The maximum Gasteiger partial charge on any atom is 0.161 e. The Balaban J connectivity index is 2.16. The predicted molar refractivity (Wildman–Crippen MR) is 76.5 cm³/mol. The number of nitrogens with one attached hydrogen (secondary N) is 1. The number of aliphatic imine (C=N–C) groups is 1. The summed E-state index contributed by atoms with van der Waals surface area (Å²) in [4.78, 5) is 4.64. The van der Waals surface area contributed by atoms with Crippen LogP contribution in [0.15, 0.2) is 27.7 Å². The summed E-state index contributed by atoms with van der Waals surface area (Å²) in [7, 11) is 0. The summed E-state index contributed by atoms with van der Waals surface area (Å²) in [6.07, 6.45) is 0. The zero-order valence-electron chi connectivity index (χ0n) is 9.67. The summed E-state index contributed by atoms with van der Waals surface area (Å²) in [5.74, 6) is 1.05. The average molecular weight is 299 g/mol. The fourth-order valence-corrected chi connectivity index (χ4v) is 3.05. The van der Waals surface area contributed by atoms with E-state index in [1.807, 2.05) is 6.07 Å². The molecule has 2 nitrogen and oxygen atoms in total. The van der Waals surface area contributed by atoms with E-state index in [2.05, 4.69) is 59.1 Å². The molecule has 0 unspecified atom stereocenters. The number of rotatable bonds is 1. The van der Waals surface area contributed by atoms with Gasteiger partial charge in [0.05, 0.1) is 5.54 Å². The Bertz CT molecular complexity index is 441. The fourth-order valence-electron chi connectivity index (χ4n) is 1.53. The molecule has 1 aliphatic rings. The fraction of sp³-hybridized carbons (Fsp3) is 0.417. The molecule has 0 aromatic heterocycles. The maximum absolute atomic E-state index is 4.64. The average Bonchev–Trinajstić information content (AvgIpc) is 2.51. The third kappa shape index (κ3) is 2.80. The molecule has 0 amide bonds. The van der Waals surface area contributed by atoms with Crippen LogP contribution >= 0.6 is 27.7 Å². The van der Waals surface area contributed by atoms with Crippen molar-refractivity contribution in [3.8, 4) is 0 Å². The Morgan fingerprint density at radius 3 is 2.75 bits per heavy atom. The van der Waals surface area contributed by atoms with Crippen LogP contribution in [0.4, 0.5) is 5.69 Å². The molecule has 0 aliphatic carbocycles.